The first-order valence-corrected chi connectivity index (χ1v) is 10.9. The molecule has 1 saturated heterocycles. The monoisotopic (exact) mass is 411 g/mol. The number of aromatic nitrogens is 1. The second-order valence-corrected chi connectivity index (χ2v) is 9.10. The van der Waals surface area contributed by atoms with Crippen LogP contribution in [0.25, 0.3) is 0 Å². The predicted octanol–water partition coefficient (Wildman–Crippen LogP) is 3.25. The molecule has 3 rings (SSSR count). The Kier molecular flexibility index (Phi) is 6.18. The Hall–Kier alpha value is -1.61. The minimum absolute atomic E-state index is 0.136. The van der Waals surface area contributed by atoms with Crippen LogP contribution < -0.4 is 5.32 Å². The van der Waals surface area contributed by atoms with E-state index in [4.69, 9.17) is 11.6 Å². The molecule has 2 heterocycles. The van der Waals surface area contributed by atoms with Gasteiger partial charge in [-0.05, 0) is 43.2 Å². The molecule has 6 nitrogen and oxygen atoms in total. The highest BCUT2D eigenvalue weighted by Crippen LogP contribution is 2.28. The fourth-order valence-corrected chi connectivity index (χ4v) is 4.97. The van der Waals surface area contributed by atoms with Crippen LogP contribution in [-0.4, -0.2) is 42.5 Å². The number of sulfonamides is 1. The van der Waals surface area contributed by atoms with E-state index < -0.39 is 10.0 Å². The first kappa shape index (κ1) is 19.2. The van der Waals surface area contributed by atoms with Gasteiger partial charge in [-0.1, -0.05) is 29.4 Å². The van der Waals surface area contributed by atoms with Gasteiger partial charge in [0.05, 0.1) is 26.4 Å². The third-order valence-electron chi connectivity index (χ3n) is 3.90. The van der Waals surface area contributed by atoms with Crippen LogP contribution in [0.4, 0.5) is 5.69 Å². The largest absolute Gasteiger partial charge is 0.324 e. The minimum Gasteiger partial charge on any atom is -0.324 e. The number of rotatable bonds is 6. The highest BCUT2D eigenvalue weighted by molar-refractivity contribution is 7.99. The van der Waals surface area contributed by atoms with Gasteiger partial charge in [0.2, 0.25) is 15.9 Å². The Bertz CT molecular complexity index is 885. The van der Waals surface area contributed by atoms with E-state index in [9.17, 15) is 13.2 Å². The number of hydrogen-bond donors (Lipinski definition) is 1. The van der Waals surface area contributed by atoms with Gasteiger partial charge in [0.25, 0.3) is 0 Å². The third-order valence-corrected chi connectivity index (χ3v) is 7.07. The summed E-state index contributed by atoms with van der Waals surface area (Å²) in [6.45, 7) is 1.04. The molecule has 26 heavy (non-hydrogen) atoms. The van der Waals surface area contributed by atoms with Gasteiger partial charge in [0.1, 0.15) is 0 Å². The fourth-order valence-electron chi connectivity index (χ4n) is 2.60. The molecule has 138 valence electrons. The quantitative estimate of drug-likeness (QED) is 0.738. The average molecular weight is 412 g/mol. The van der Waals surface area contributed by atoms with Crippen LogP contribution in [0.15, 0.2) is 52.5 Å². The van der Waals surface area contributed by atoms with Crippen molar-refractivity contribution in [3.05, 3.63) is 47.6 Å². The first-order chi connectivity index (χ1) is 12.5. The molecule has 0 bridgehead atoms. The lowest BCUT2D eigenvalue weighted by atomic mass is 10.3. The maximum Gasteiger partial charge on any atom is 0.243 e. The number of pyridine rings is 1. The standard InChI is InChI=1S/C17H18ClN3O3S2/c18-14-7-6-13(26(23,24)21-9-3-4-10-21)11-15(14)20-16(22)12-25-17-5-1-2-8-19-17/h1-2,5-8,11H,3-4,9-10,12H2,(H,20,22). The van der Waals surface area contributed by atoms with Crippen LogP contribution in [0.1, 0.15) is 12.8 Å². The first-order valence-electron chi connectivity index (χ1n) is 8.10. The number of carbonyl (C=O) groups excluding carboxylic acids is 1. The van der Waals surface area contributed by atoms with E-state index in [0.29, 0.717) is 23.8 Å². The minimum atomic E-state index is -3.56. The zero-order chi connectivity index (χ0) is 18.6. The molecule has 2 aromatic rings. The van der Waals surface area contributed by atoms with Crippen molar-refractivity contribution < 1.29 is 13.2 Å². The number of nitrogens with zero attached hydrogens (tertiary/aromatic N) is 2. The molecule has 1 N–H and O–H groups in total. The van der Waals surface area contributed by atoms with E-state index in [1.165, 1.54) is 34.3 Å². The maximum absolute atomic E-state index is 12.7. The van der Waals surface area contributed by atoms with E-state index in [1.54, 1.807) is 12.3 Å². The summed E-state index contributed by atoms with van der Waals surface area (Å²) < 4.78 is 26.8. The lowest BCUT2D eigenvalue weighted by Crippen LogP contribution is -2.28. The lowest BCUT2D eigenvalue weighted by Gasteiger charge is -2.16. The van der Waals surface area contributed by atoms with Gasteiger partial charge >= 0.3 is 0 Å². The smallest absolute Gasteiger partial charge is 0.243 e. The van der Waals surface area contributed by atoms with Crippen LogP contribution in [0.2, 0.25) is 5.02 Å². The molecule has 1 aromatic carbocycles. The summed E-state index contributed by atoms with van der Waals surface area (Å²) in [6.07, 6.45) is 3.38. The van der Waals surface area contributed by atoms with Gasteiger partial charge in [-0.3, -0.25) is 4.79 Å². The molecule has 9 heteroatoms. The van der Waals surface area contributed by atoms with Crippen molar-refractivity contribution in [1.29, 1.82) is 0 Å². The molecule has 0 spiro atoms. The van der Waals surface area contributed by atoms with Gasteiger partial charge in [0, 0.05) is 19.3 Å². The Morgan fingerprint density at radius 3 is 2.69 bits per heavy atom. The van der Waals surface area contributed by atoms with Crippen LogP contribution in [-0.2, 0) is 14.8 Å². The van der Waals surface area contributed by atoms with Crippen LogP contribution in [0.5, 0.6) is 0 Å². The van der Waals surface area contributed by atoms with Gasteiger partial charge in [-0.2, -0.15) is 4.31 Å². The van der Waals surface area contributed by atoms with Crippen molar-refractivity contribution in [3.63, 3.8) is 0 Å². The van der Waals surface area contributed by atoms with Crippen molar-refractivity contribution >= 4 is 45.0 Å². The molecule has 1 fully saturated rings. The van der Waals surface area contributed by atoms with E-state index in [1.807, 2.05) is 12.1 Å². The molecule has 0 unspecified atom stereocenters. The predicted molar refractivity (Wildman–Crippen MR) is 103 cm³/mol. The van der Waals surface area contributed by atoms with Gasteiger partial charge in [0.15, 0.2) is 0 Å². The summed E-state index contributed by atoms with van der Waals surface area (Å²) in [6, 6.07) is 9.83. The second kappa shape index (κ2) is 8.39. The highest BCUT2D eigenvalue weighted by Gasteiger charge is 2.27. The molecular weight excluding hydrogens is 394 g/mol. The van der Waals surface area contributed by atoms with Crippen LogP contribution >= 0.6 is 23.4 Å². The summed E-state index contributed by atoms with van der Waals surface area (Å²) in [5.74, 6) is -0.130. The summed E-state index contributed by atoms with van der Waals surface area (Å²) in [7, 11) is -3.56. The van der Waals surface area contributed by atoms with Crippen molar-refractivity contribution in [2.45, 2.75) is 22.8 Å². The molecule has 1 aromatic heterocycles. The lowest BCUT2D eigenvalue weighted by molar-refractivity contribution is -0.113. The third kappa shape index (κ3) is 4.56. The van der Waals surface area contributed by atoms with E-state index in [0.717, 1.165) is 17.9 Å². The Balaban J connectivity index is 1.70. The van der Waals surface area contributed by atoms with Crippen molar-refractivity contribution in [3.8, 4) is 0 Å². The maximum atomic E-state index is 12.7. The SMILES string of the molecule is O=C(CSc1ccccn1)Nc1cc(S(=O)(=O)N2CCCC2)ccc1Cl. The van der Waals surface area contributed by atoms with Gasteiger partial charge in [-0.15, -0.1) is 0 Å². The van der Waals surface area contributed by atoms with Crippen molar-refractivity contribution in [2.75, 3.05) is 24.2 Å². The van der Waals surface area contributed by atoms with Crippen molar-refractivity contribution in [1.82, 2.24) is 9.29 Å². The zero-order valence-corrected chi connectivity index (χ0v) is 16.3. The summed E-state index contributed by atoms with van der Waals surface area (Å²) in [5, 5.41) is 3.71. The number of amides is 1. The van der Waals surface area contributed by atoms with Gasteiger partial charge < -0.3 is 5.32 Å². The normalized spacial score (nSPS) is 15.1. The van der Waals surface area contributed by atoms with E-state index in [-0.39, 0.29) is 16.6 Å². The molecule has 0 saturated carbocycles. The number of benzene rings is 1. The Morgan fingerprint density at radius 2 is 2.00 bits per heavy atom. The molecule has 0 atom stereocenters. The number of anilines is 1. The Morgan fingerprint density at radius 1 is 1.23 bits per heavy atom. The number of thioether (sulfide) groups is 1. The topological polar surface area (TPSA) is 79.4 Å². The van der Waals surface area contributed by atoms with Crippen LogP contribution in [0.3, 0.4) is 0 Å². The van der Waals surface area contributed by atoms with Crippen LogP contribution in [0, 0.1) is 0 Å². The zero-order valence-electron chi connectivity index (χ0n) is 13.9. The number of carbonyl (C=O) groups is 1. The number of halogens is 1. The molecule has 0 aliphatic carbocycles. The van der Waals surface area contributed by atoms with Gasteiger partial charge in [-0.25, -0.2) is 13.4 Å². The second-order valence-electron chi connectivity index (χ2n) is 5.76. The van der Waals surface area contributed by atoms with Crippen molar-refractivity contribution in [2.24, 2.45) is 0 Å². The summed E-state index contributed by atoms with van der Waals surface area (Å²) in [4.78, 5) is 16.5. The summed E-state index contributed by atoms with van der Waals surface area (Å²) >= 11 is 7.42. The highest BCUT2D eigenvalue weighted by atomic mass is 35.5. The molecule has 1 aliphatic rings. The fraction of sp³-hybridized carbons (Fsp3) is 0.294. The summed E-state index contributed by atoms with van der Waals surface area (Å²) in [5.41, 5.74) is 0.290. The Labute approximate surface area is 162 Å². The molecule has 1 aliphatic heterocycles. The van der Waals surface area contributed by atoms with E-state index >= 15 is 0 Å². The number of nitrogens with one attached hydrogen (secondary N) is 1. The van der Waals surface area contributed by atoms with E-state index in [2.05, 4.69) is 10.3 Å². The molecule has 0 radical (unpaired) electrons. The molecular formula is C17H18ClN3O3S2. The number of hydrogen-bond acceptors (Lipinski definition) is 5. The average Bonchev–Trinajstić information content (AvgIpc) is 3.18. The molecule has 1 amide bonds.